The number of carbonyl (C=O) groups excluding carboxylic acids is 1. The van der Waals surface area contributed by atoms with Crippen LogP contribution in [0.3, 0.4) is 0 Å². The molecule has 0 aromatic rings. The van der Waals surface area contributed by atoms with Crippen LogP contribution in [0, 0.1) is 11.8 Å². The van der Waals surface area contributed by atoms with Crippen LogP contribution in [-0.4, -0.2) is 5.78 Å². The van der Waals surface area contributed by atoms with Crippen molar-refractivity contribution in [2.24, 2.45) is 11.8 Å². The van der Waals surface area contributed by atoms with Crippen molar-refractivity contribution in [2.75, 3.05) is 0 Å². The summed E-state index contributed by atoms with van der Waals surface area (Å²) in [5.41, 5.74) is 1.54. The second-order valence-electron chi connectivity index (χ2n) is 7.19. The molecule has 0 aromatic carbocycles. The van der Waals surface area contributed by atoms with E-state index < -0.39 is 0 Å². The summed E-state index contributed by atoms with van der Waals surface area (Å²) in [5.74, 6) is 2.10. The molecule has 0 amide bonds. The number of ketones is 1. The van der Waals surface area contributed by atoms with Gasteiger partial charge in [-0.3, -0.25) is 4.79 Å². The number of Topliss-reactive ketones (excluding diaryl/α,β-unsaturated/α-hetero) is 1. The minimum Gasteiger partial charge on any atom is -0.300 e. The van der Waals surface area contributed by atoms with E-state index >= 15 is 0 Å². The van der Waals surface area contributed by atoms with Gasteiger partial charge in [-0.15, -0.1) is 0 Å². The molecular formula is C21H38O. The lowest BCUT2D eigenvalue weighted by molar-refractivity contribution is -0.119. The Morgan fingerprint density at radius 1 is 1.00 bits per heavy atom. The molecule has 2 unspecified atom stereocenters. The molecule has 1 rings (SSSR count). The quantitative estimate of drug-likeness (QED) is 0.360. The molecular weight excluding hydrogens is 268 g/mol. The van der Waals surface area contributed by atoms with Gasteiger partial charge in [-0.25, -0.2) is 0 Å². The Morgan fingerprint density at radius 3 is 2.32 bits per heavy atom. The molecule has 0 aliphatic heterocycles. The topological polar surface area (TPSA) is 17.1 Å². The van der Waals surface area contributed by atoms with Gasteiger partial charge in [0.1, 0.15) is 5.78 Å². The highest BCUT2D eigenvalue weighted by Gasteiger charge is 2.19. The molecule has 0 bridgehead atoms. The molecule has 0 radical (unpaired) electrons. The van der Waals surface area contributed by atoms with E-state index in [9.17, 15) is 4.79 Å². The summed E-state index contributed by atoms with van der Waals surface area (Å²) in [7, 11) is 0. The molecule has 0 fully saturated rings. The zero-order chi connectivity index (χ0) is 16.2. The minimum absolute atomic E-state index is 0.499. The molecule has 2 atom stereocenters. The summed E-state index contributed by atoms with van der Waals surface area (Å²) >= 11 is 0. The van der Waals surface area contributed by atoms with Crippen LogP contribution in [0.15, 0.2) is 11.6 Å². The average molecular weight is 307 g/mol. The minimum atomic E-state index is 0.499. The van der Waals surface area contributed by atoms with Gasteiger partial charge in [0.15, 0.2) is 0 Å². The van der Waals surface area contributed by atoms with Crippen LogP contribution < -0.4 is 0 Å². The van der Waals surface area contributed by atoms with Crippen molar-refractivity contribution in [1.29, 1.82) is 0 Å². The number of allylic oxidation sites excluding steroid dienone is 2. The van der Waals surface area contributed by atoms with Crippen LogP contribution in [0.2, 0.25) is 0 Å². The maximum absolute atomic E-state index is 12.2. The Morgan fingerprint density at radius 2 is 1.73 bits per heavy atom. The van der Waals surface area contributed by atoms with Crippen molar-refractivity contribution in [2.45, 2.75) is 104 Å². The second-order valence-corrected chi connectivity index (χ2v) is 7.19. The molecule has 0 saturated carbocycles. The highest BCUT2D eigenvalue weighted by Crippen LogP contribution is 2.30. The Bertz CT molecular complexity index is 329. The van der Waals surface area contributed by atoms with Gasteiger partial charge in [0.2, 0.25) is 0 Å². The van der Waals surface area contributed by atoms with Crippen molar-refractivity contribution >= 4 is 5.78 Å². The maximum Gasteiger partial charge on any atom is 0.133 e. The van der Waals surface area contributed by atoms with E-state index in [0.29, 0.717) is 5.78 Å². The van der Waals surface area contributed by atoms with E-state index in [1.807, 2.05) is 0 Å². The van der Waals surface area contributed by atoms with Gasteiger partial charge in [0.25, 0.3) is 0 Å². The van der Waals surface area contributed by atoms with E-state index in [1.54, 1.807) is 5.57 Å². The van der Waals surface area contributed by atoms with Crippen LogP contribution >= 0.6 is 0 Å². The first kappa shape index (κ1) is 19.5. The Balaban J connectivity index is 2.33. The smallest absolute Gasteiger partial charge is 0.133 e. The van der Waals surface area contributed by atoms with Crippen LogP contribution in [0.5, 0.6) is 0 Å². The molecule has 0 saturated heterocycles. The molecule has 1 aliphatic carbocycles. The zero-order valence-electron chi connectivity index (χ0n) is 15.3. The van der Waals surface area contributed by atoms with Gasteiger partial charge in [-0.05, 0) is 50.4 Å². The number of rotatable bonds is 12. The van der Waals surface area contributed by atoms with Gasteiger partial charge < -0.3 is 0 Å². The van der Waals surface area contributed by atoms with Gasteiger partial charge in [0, 0.05) is 12.8 Å². The Labute approximate surface area is 139 Å². The summed E-state index contributed by atoms with van der Waals surface area (Å²) in [4.78, 5) is 12.2. The molecule has 128 valence electrons. The largest absolute Gasteiger partial charge is 0.300 e. The van der Waals surface area contributed by atoms with Gasteiger partial charge in [-0.1, -0.05) is 64.5 Å². The lowest BCUT2D eigenvalue weighted by Gasteiger charge is -2.25. The fourth-order valence-electron chi connectivity index (χ4n) is 4.03. The highest BCUT2D eigenvalue weighted by molar-refractivity contribution is 5.78. The summed E-state index contributed by atoms with van der Waals surface area (Å²) < 4.78 is 0. The third-order valence-corrected chi connectivity index (χ3v) is 5.41. The van der Waals surface area contributed by atoms with Crippen molar-refractivity contribution in [3.05, 3.63) is 11.6 Å². The van der Waals surface area contributed by atoms with Gasteiger partial charge in [-0.2, -0.15) is 0 Å². The van der Waals surface area contributed by atoms with E-state index in [0.717, 1.165) is 37.5 Å². The monoisotopic (exact) mass is 306 g/mol. The van der Waals surface area contributed by atoms with Gasteiger partial charge in [0.05, 0.1) is 0 Å². The van der Waals surface area contributed by atoms with Crippen LogP contribution in [0.4, 0.5) is 0 Å². The SMILES string of the molecule is CCCC(CC)C(CCC)CCC(=O)CCC1=CCCCC1. The Hall–Kier alpha value is -0.590. The molecule has 0 aromatic heterocycles. The van der Waals surface area contributed by atoms with Crippen molar-refractivity contribution in [1.82, 2.24) is 0 Å². The van der Waals surface area contributed by atoms with E-state index in [4.69, 9.17) is 0 Å². The lowest BCUT2D eigenvalue weighted by Crippen LogP contribution is -2.16. The molecule has 0 spiro atoms. The maximum atomic E-state index is 12.2. The molecule has 0 heterocycles. The fourth-order valence-corrected chi connectivity index (χ4v) is 4.03. The standard InChI is InChI=1S/C21H38O/c1-4-10-19(6-3)20(11-5-2)15-17-21(22)16-14-18-12-8-7-9-13-18/h12,19-20H,4-11,13-17H2,1-3H3. The first-order valence-corrected chi connectivity index (χ1v) is 9.90. The summed E-state index contributed by atoms with van der Waals surface area (Å²) in [6, 6.07) is 0. The first-order valence-electron chi connectivity index (χ1n) is 9.90. The van der Waals surface area contributed by atoms with E-state index in [2.05, 4.69) is 26.8 Å². The molecule has 1 heteroatoms. The zero-order valence-corrected chi connectivity index (χ0v) is 15.3. The number of carbonyl (C=O) groups is 1. The lowest BCUT2D eigenvalue weighted by atomic mass is 9.80. The summed E-state index contributed by atoms with van der Waals surface area (Å²) in [6.07, 6.45) is 17.7. The molecule has 0 N–H and O–H groups in total. The molecule has 1 nitrogen and oxygen atoms in total. The predicted molar refractivity (Wildman–Crippen MR) is 97.1 cm³/mol. The van der Waals surface area contributed by atoms with Crippen LogP contribution in [0.25, 0.3) is 0 Å². The Kier molecular flexibility index (Phi) is 10.5. The molecule has 22 heavy (non-hydrogen) atoms. The third-order valence-electron chi connectivity index (χ3n) is 5.41. The van der Waals surface area contributed by atoms with Gasteiger partial charge >= 0.3 is 0 Å². The summed E-state index contributed by atoms with van der Waals surface area (Å²) in [5, 5.41) is 0. The number of hydrogen-bond acceptors (Lipinski definition) is 1. The van der Waals surface area contributed by atoms with Crippen molar-refractivity contribution in [3.8, 4) is 0 Å². The second kappa shape index (κ2) is 11.9. The third kappa shape index (κ3) is 7.61. The van der Waals surface area contributed by atoms with Crippen molar-refractivity contribution in [3.63, 3.8) is 0 Å². The van der Waals surface area contributed by atoms with Crippen LogP contribution in [0.1, 0.15) is 104 Å². The fraction of sp³-hybridized carbons (Fsp3) is 0.857. The van der Waals surface area contributed by atoms with E-state index in [-0.39, 0.29) is 0 Å². The van der Waals surface area contributed by atoms with E-state index in [1.165, 1.54) is 57.8 Å². The number of hydrogen-bond donors (Lipinski definition) is 0. The normalized spacial score (nSPS) is 17.9. The van der Waals surface area contributed by atoms with Crippen LogP contribution in [-0.2, 0) is 4.79 Å². The molecule has 1 aliphatic rings. The highest BCUT2D eigenvalue weighted by atomic mass is 16.1. The van der Waals surface area contributed by atoms with Crippen molar-refractivity contribution < 1.29 is 4.79 Å². The summed E-state index contributed by atoms with van der Waals surface area (Å²) in [6.45, 7) is 6.89. The average Bonchev–Trinajstić information content (AvgIpc) is 2.55. The predicted octanol–water partition coefficient (Wildman–Crippen LogP) is 6.86. The first-order chi connectivity index (χ1) is 10.7.